The first-order chi connectivity index (χ1) is 11.7. The minimum Gasteiger partial charge on any atom is -0.444 e. The van der Waals surface area contributed by atoms with Gasteiger partial charge in [0, 0.05) is 0 Å². The van der Waals surface area contributed by atoms with E-state index in [1.54, 1.807) is 12.1 Å². The Hall–Kier alpha value is -1.84. The lowest BCUT2D eigenvalue weighted by molar-refractivity contribution is -0.137. The van der Waals surface area contributed by atoms with E-state index in [-0.39, 0.29) is 11.6 Å². The number of alkyl halides is 3. The van der Waals surface area contributed by atoms with Crippen LogP contribution in [-0.2, 0) is 21.8 Å². The molecule has 132 valence electrons. The molecule has 1 aromatic carbocycles. The molecule has 10 heteroatoms. The number of hydrogen-bond donors (Lipinski definition) is 0. The smallest absolute Gasteiger partial charge is 0.417 e. The van der Waals surface area contributed by atoms with Crippen LogP contribution in [0.2, 0.25) is 5.02 Å². The molecule has 0 spiro atoms. The maximum atomic E-state index is 12.9. The van der Waals surface area contributed by atoms with Crippen LogP contribution in [-0.4, -0.2) is 13.4 Å². The quantitative estimate of drug-likeness (QED) is 0.607. The third-order valence-electron chi connectivity index (χ3n) is 3.22. The fraction of sp³-hybridized carbons (Fsp3) is 0.133. The predicted octanol–water partition coefficient (Wildman–Crippen LogP) is 5.05. The molecule has 2 heterocycles. The summed E-state index contributed by atoms with van der Waals surface area (Å²) < 4.78 is 68.7. The van der Waals surface area contributed by atoms with Crippen LogP contribution < -0.4 is 0 Å². The van der Waals surface area contributed by atoms with E-state index in [0.717, 1.165) is 17.0 Å². The fourth-order valence-corrected chi connectivity index (χ4v) is 4.22. The zero-order chi connectivity index (χ0) is 18.2. The molecule has 0 fully saturated rings. The van der Waals surface area contributed by atoms with E-state index < -0.39 is 37.2 Å². The normalized spacial score (nSPS) is 12.5. The minimum atomic E-state index is -4.75. The van der Waals surface area contributed by atoms with Crippen LogP contribution in [0.3, 0.4) is 0 Å². The summed E-state index contributed by atoms with van der Waals surface area (Å²) in [5, 5.41) is 1.25. The molecular formula is C15H9ClF3NO3S2. The van der Waals surface area contributed by atoms with Crippen molar-refractivity contribution in [1.82, 2.24) is 4.98 Å². The summed E-state index contributed by atoms with van der Waals surface area (Å²) in [6, 6.07) is 6.01. The van der Waals surface area contributed by atoms with Crippen LogP contribution in [0.5, 0.6) is 0 Å². The van der Waals surface area contributed by atoms with Crippen molar-refractivity contribution in [3.05, 3.63) is 58.3 Å². The number of benzene rings is 1. The second kappa shape index (κ2) is 6.47. The number of nitrogens with zero attached hydrogens (tertiary/aromatic N) is 1. The molecule has 2 aromatic heterocycles. The average molecular weight is 408 g/mol. The van der Waals surface area contributed by atoms with Gasteiger partial charge >= 0.3 is 6.18 Å². The van der Waals surface area contributed by atoms with Gasteiger partial charge in [-0.15, -0.1) is 11.3 Å². The van der Waals surface area contributed by atoms with Crippen LogP contribution in [0.15, 0.2) is 51.3 Å². The lowest BCUT2D eigenvalue weighted by atomic mass is 10.2. The SMILES string of the molecule is O=S(=O)(Cc1coc(-c2cccs2)n1)c1ccc(Cl)c(C(F)(F)F)c1. The molecule has 4 nitrogen and oxygen atoms in total. The maximum Gasteiger partial charge on any atom is 0.417 e. The maximum absolute atomic E-state index is 12.9. The second-order valence-corrected chi connectivity index (χ2v) is 8.36. The van der Waals surface area contributed by atoms with Crippen LogP contribution >= 0.6 is 22.9 Å². The van der Waals surface area contributed by atoms with E-state index >= 15 is 0 Å². The molecule has 3 aromatic rings. The van der Waals surface area contributed by atoms with E-state index in [0.29, 0.717) is 6.07 Å². The van der Waals surface area contributed by atoms with Crippen LogP contribution in [0, 0.1) is 0 Å². The number of aromatic nitrogens is 1. The van der Waals surface area contributed by atoms with E-state index in [1.165, 1.54) is 17.6 Å². The Morgan fingerprint density at radius 2 is 2.00 bits per heavy atom. The highest BCUT2D eigenvalue weighted by Gasteiger charge is 2.34. The van der Waals surface area contributed by atoms with Crippen molar-refractivity contribution in [3.63, 3.8) is 0 Å². The zero-order valence-corrected chi connectivity index (χ0v) is 14.6. The molecule has 0 saturated carbocycles. The third kappa shape index (κ3) is 3.88. The highest BCUT2D eigenvalue weighted by atomic mass is 35.5. The largest absolute Gasteiger partial charge is 0.444 e. The van der Waals surface area contributed by atoms with Crippen molar-refractivity contribution in [3.8, 4) is 10.8 Å². The van der Waals surface area contributed by atoms with Crippen LogP contribution in [0.4, 0.5) is 13.2 Å². The van der Waals surface area contributed by atoms with E-state index in [1.807, 2.05) is 5.38 Å². The molecule has 0 bridgehead atoms. The van der Waals surface area contributed by atoms with Gasteiger partial charge in [-0.2, -0.15) is 13.2 Å². The predicted molar refractivity (Wildman–Crippen MR) is 87.2 cm³/mol. The highest BCUT2D eigenvalue weighted by molar-refractivity contribution is 7.90. The van der Waals surface area contributed by atoms with Crippen LogP contribution in [0.25, 0.3) is 10.8 Å². The Bertz CT molecular complexity index is 995. The molecule has 0 amide bonds. The van der Waals surface area contributed by atoms with Gasteiger partial charge in [-0.1, -0.05) is 17.7 Å². The zero-order valence-electron chi connectivity index (χ0n) is 12.2. The van der Waals surface area contributed by atoms with E-state index in [2.05, 4.69) is 4.98 Å². The Morgan fingerprint density at radius 1 is 1.24 bits per heavy atom. The summed E-state index contributed by atoms with van der Waals surface area (Å²) in [6.07, 6.45) is -3.57. The lowest BCUT2D eigenvalue weighted by Gasteiger charge is -2.11. The standard InChI is InChI=1S/C15H9ClF3NO3S2/c16-12-4-3-10(6-11(12)15(17,18)19)25(21,22)8-9-7-23-14(20-9)13-2-1-5-24-13/h1-7H,8H2. The lowest BCUT2D eigenvalue weighted by Crippen LogP contribution is -2.10. The molecule has 0 unspecified atom stereocenters. The first kappa shape index (κ1) is 18.0. The van der Waals surface area contributed by atoms with Gasteiger partial charge in [-0.3, -0.25) is 0 Å². The first-order valence-corrected chi connectivity index (χ1v) is 9.65. The fourth-order valence-electron chi connectivity index (χ4n) is 2.08. The third-order valence-corrected chi connectivity index (χ3v) is 6.06. The molecule has 25 heavy (non-hydrogen) atoms. The van der Waals surface area contributed by atoms with Gasteiger partial charge in [-0.05, 0) is 29.6 Å². The van der Waals surface area contributed by atoms with E-state index in [9.17, 15) is 21.6 Å². The van der Waals surface area contributed by atoms with Gasteiger partial charge in [0.2, 0.25) is 5.89 Å². The summed E-state index contributed by atoms with van der Waals surface area (Å²) in [5.41, 5.74) is -1.10. The van der Waals surface area contributed by atoms with E-state index in [4.69, 9.17) is 16.0 Å². The average Bonchev–Trinajstić information content (AvgIpc) is 3.16. The van der Waals surface area contributed by atoms with Crippen LogP contribution in [0.1, 0.15) is 11.3 Å². The Morgan fingerprint density at radius 3 is 2.64 bits per heavy atom. The number of sulfone groups is 1. The van der Waals surface area contributed by atoms with Gasteiger partial charge in [-0.25, -0.2) is 13.4 Å². The summed E-state index contributed by atoms with van der Waals surface area (Å²) >= 11 is 6.88. The number of halogens is 4. The van der Waals surface area contributed by atoms with Crippen molar-refractivity contribution >= 4 is 32.8 Å². The Kier molecular flexibility index (Phi) is 4.65. The van der Waals surface area contributed by atoms with Crippen molar-refractivity contribution in [2.75, 3.05) is 0 Å². The molecule has 3 rings (SSSR count). The Labute approximate surface area is 149 Å². The molecule has 0 atom stereocenters. The summed E-state index contributed by atoms with van der Waals surface area (Å²) in [7, 11) is -4.05. The van der Waals surface area contributed by atoms with Crippen molar-refractivity contribution in [2.24, 2.45) is 0 Å². The number of hydrogen-bond acceptors (Lipinski definition) is 5. The van der Waals surface area contributed by atoms with Crippen molar-refractivity contribution in [2.45, 2.75) is 16.8 Å². The van der Waals surface area contributed by atoms with Gasteiger partial charge in [0.1, 0.15) is 12.0 Å². The Balaban J connectivity index is 1.90. The van der Waals surface area contributed by atoms with Gasteiger partial charge in [0.05, 0.1) is 26.1 Å². The first-order valence-electron chi connectivity index (χ1n) is 6.74. The summed E-state index contributed by atoms with van der Waals surface area (Å²) in [6.45, 7) is 0. The number of rotatable bonds is 4. The molecule has 0 radical (unpaired) electrons. The molecule has 0 N–H and O–H groups in total. The highest BCUT2D eigenvalue weighted by Crippen LogP contribution is 2.36. The minimum absolute atomic E-state index is 0.104. The molecule has 0 aliphatic heterocycles. The molecule has 0 aliphatic carbocycles. The molecule has 0 saturated heterocycles. The summed E-state index contributed by atoms with van der Waals surface area (Å²) in [4.78, 5) is 4.30. The second-order valence-electron chi connectivity index (χ2n) is 5.02. The molecule has 0 aliphatic rings. The monoisotopic (exact) mass is 407 g/mol. The van der Waals surface area contributed by atoms with Gasteiger partial charge < -0.3 is 4.42 Å². The van der Waals surface area contributed by atoms with Crippen molar-refractivity contribution < 1.29 is 26.0 Å². The number of oxazole rings is 1. The van der Waals surface area contributed by atoms with Crippen molar-refractivity contribution in [1.29, 1.82) is 0 Å². The van der Waals surface area contributed by atoms with Gasteiger partial charge in [0.15, 0.2) is 9.84 Å². The topological polar surface area (TPSA) is 60.2 Å². The molecular weight excluding hydrogens is 399 g/mol. The van der Waals surface area contributed by atoms with Gasteiger partial charge in [0.25, 0.3) is 0 Å². The summed E-state index contributed by atoms with van der Waals surface area (Å²) in [5.74, 6) is -0.326. The number of thiophene rings is 1.